The van der Waals surface area contributed by atoms with Gasteiger partial charge in [-0.15, -0.1) is 0 Å². The maximum absolute atomic E-state index is 13.5. The highest BCUT2D eigenvalue weighted by Gasteiger charge is 2.22. The van der Waals surface area contributed by atoms with Crippen LogP contribution in [0.5, 0.6) is 11.5 Å². The normalized spacial score (nSPS) is 10.8. The largest absolute Gasteiger partial charge is 0.497 e. The van der Waals surface area contributed by atoms with Crippen LogP contribution in [0.25, 0.3) is 16.7 Å². The lowest BCUT2D eigenvalue weighted by atomic mass is 10.1. The summed E-state index contributed by atoms with van der Waals surface area (Å²) in [7, 11) is 3.21. The van der Waals surface area contributed by atoms with Crippen LogP contribution in [0.2, 0.25) is 0 Å². The Morgan fingerprint density at radius 3 is 2.38 bits per heavy atom. The van der Waals surface area contributed by atoms with Crippen LogP contribution in [0.1, 0.15) is 21.6 Å². The summed E-state index contributed by atoms with van der Waals surface area (Å²) in [6.45, 7) is 2.41. The first-order valence-electron chi connectivity index (χ1n) is 11.8. The number of hydrogen-bond donors (Lipinski definition) is 2. The Labute approximate surface area is 214 Å². The molecule has 0 unspecified atom stereocenters. The summed E-state index contributed by atoms with van der Waals surface area (Å²) in [4.78, 5) is 18.2. The minimum atomic E-state index is -0.303. The van der Waals surface area contributed by atoms with E-state index in [4.69, 9.17) is 14.6 Å². The van der Waals surface area contributed by atoms with E-state index in [0.717, 1.165) is 28.1 Å². The maximum Gasteiger partial charge on any atom is 0.259 e. The van der Waals surface area contributed by atoms with Crippen LogP contribution >= 0.6 is 0 Å². The number of ether oxygens (including phenoxy) is 2. The highest BCUT2D eigenvalue weighted by Crippen LogP contribution is 2.32. The molecule has 0 radical (unpaired) electrons. The number of aromatic nitrogens is 3. The van der Waals surface area contributed by atoms with E-state index in [-0.39, 0.29) is 5.91 Å². The Hall–Kier alpha value is -4.85. The van der Waals surface area contributed by atoms with Gasteiger partial charge in [0.25, 0.3) is 5.91 Å². The molecular weight excluding hydrogens is 466 g/mol. The zero-order valence-corrected chi connectivity index (χ0v) is 20.9. The molecular formula is C29H27N5O3. The number of carbonyl (C=O) groups is 1. The average molecular weight is 494 g/mol. The molecule has 0 fully saturated rings. The summed E-state index contributed by atoms with van der Waals surface area (Å²) in [6, 6.07) is 24.9. The van der Waals surface area contributed by atoms with E-state index in [9.17, 15) is 4.79 Å². The van der Waals surface area contributed by atoms with E-state index in [1.54, 1.807) is 37.2 Å². The summed E-state index contributed by atoms with van der Waals surface area (Å²) < 4.78 is 12.5. The predicted molar refractivity (Wildman–Crippen MR) is 145 cm³/mol. The third-order valence-electron chi connectivity index (χ3n) is 6.10. The molecule has 5 aromatic rings. The van der Waals surface area contributed by atoms with Gasteiger partial charge in [0, 0.05) is 12.7 Å². The first-order chi connectivity index (χ1) is 18.1. The van der Waals surface area contributed by atoms with Gasteiger partial charge in [-0.3, -0.25) is 4.79 Å². The Kier molecular flexibility index (Phi) is 6.72. The molecule has 1 amide bonds. The molecule has 0 aliphatic heterocycles. The summed E-state index contributed by atoms with van der Waals surface area (Å²) in [5.74, 6) is 1.06. The molecule has 0 saturated carbocycles. The maximum atomic E-state index is 13.5. The second-order valence-electron chi connectivity index (χ2n) is 8.43. The monoisotopic (exact) mass is 493 g/mol. The van der Waals surface area contributed by atoms with Gasteiger partial charge in [-0.05, 0) is 48.9 Å². The van der Waals surface area contributed by atoms with Gasteiger partial charge < -0.3 is 20.1 Å². The van der Waals surface area contributed by atoms with Crippen molar-refractivity contribution in [1.82, 2.24) is 14.8 Å². The minimum absolute atomic E-state index is 0.303. The van der Waals surface area contributed by atoms with Gasteiger partial charge >= 0.3 is 0 Å². The molecule has 0 bridgehead atoms. The third kappa shape index (κ3) is 4.81. The summed E-state index contributed by atoms with van der Waals surface area (Å²) in [6.07, 6.45) is 1.59. The van der Waals surface area contributed by atoms with Gasteiger partial charge in [0.05, 0.1) is 47.9 Å². The highest BCUT2D eigenvalue weighted by atomic mass is 16.5. The molecule has 2 aromatic heterocycles. The number of nitrogens with one attached hydrogen (secondary N) is 2. The lowest BCUT2D eigenvalue weighted by Gasteiger charge is -2.15. The molecule has 186 valence electrons. The van der Waals surface area contributed by atoms with Crippen molar-refractivity contribution in [2.24, 2.45) is 0 Å². The van der Waals surface area contributed by atoms with Crippen molar-refractivity contribution < 1.29 is 14.3 Å². The molecule has 0 atom stereocenters. The Bertz CT molecular complexity index is 1550. The Morgan fingerprint density at radius 2 is 1.65 bits per heavy atom. The number of hydrogen-bond acceptors (Lipinski definition) is 6. The number of rotatable bonds is 8. The van der Waals surface area contributed by atoms with Crippen molar-refractivity contribution in [2.75, 3.05) is 24.9 Å². The zero-order valence-electron chi connectivity index (χ0n) is 20.9. The standard InChI is InChI=1S/C29H27N5O3/c1-19-26-27(30-17-20-13-15-22(36-2)16-14-20)23(29(35)32-24-11-7-8-12-25(24)37-3)18-31-28(26)34(33-19)21-9-5-4-6-10-21/h4-16,18H,17H2,1-3H3,(H,30,31)(H,32,35). The fourth-order valence-electron chi connectivity index (χ4n) is 4.23. The predicted octanol–water partition coefficient (Wildman–Crippen LogP) is 5.61. The number of para-hydroxylation sites is 3. The molecule has 0 spiro atoms. The third-order valence-corrected chi connectivity index (χ3v) is 6.10. The number of fused-ring (bicyclic) bond motifs is 1. The molecule has 0 aliphatic rings. The van der Waals surface area contributed by atoms with Crippen LogP contribution < -0.4 is 20.1 Å². The molecule has 3 aromatic carbocycles. The van der Waals surface area contributed by atoms with Crippen LogP contribution in [0.4, 0.5) is 11.4 Å². The molecule has 8 heteroatoms. The number of anilines is 2. The number of pyridine rings is 1. The topological polar surface area (TPSA) is 90.3 Å². The quantitative estimate of drug-likeness (QED) is 0.292. The van der Waals surface area contributed by atoms with E-state index >= 15 is 0 Å². The molecule has 0 saturated heterocycles. The van der Waals surface area contributed by atoms with Crippen molar-refractivity contribution in [3.63, 3.8) is 0 Å². The van der Waals surface area contributed by atoms with Gasteiger partial charge in [0.2, 0.25) is 0 Å². The van der Waals surface area contributed by atoms with Gasteiger partial charge in [0.1, 0.15) is 11.5 Å². The smallest absolute Gasteiger partial charge is 0.259 e. The molecule has 8 nitrogen and oxygen atoms in total. The lowest BCUT2D eigenvalue weighted by Crippen LogP contribution is -2.16. The van der Waals surface area contributed by atoms with E-state index in [2.05, 4.69) is 15.6 Å². The van der Waals surface area contributed by atoms with Gasteiger partial charge in [-0.25, -0.2) is 9.67 Å². The SMILES string of the molecule is COc1ccc(CNc2c(C(=O)Nc3ccccc3OC)cnc3c2c(C)nn3-c2ccccc2)cc1. The van der Waals surface area contributed by atoms with Crippen molar-refractivity contribution in [3.05, 3.63) is 102 Å². The van der Waals surface area contributed by atoms with Gasteiger partial charge in [-0.1, -0.05) is 42.5 Å². The number of carbonyl (C=O) groups excluding carboxylic acids is 1. The highest BCUT2D eigenvalue weighted by molar-refractivity contribution is 6.13. The van der Waals surface area contributed by atoms with Crippen molar-refractivity contribution >= 4 is 28.3 Å². The Balaban J connectivity index is 1.58. The van der Waals surface area contributed by atoms with Crippen LogP contribution in [0.3, 0.4) is 0 Å². The minimum Gasteiger partial charge on any atom is -0.497 e. The molecule has 2 heterocycles. The fraction of sp³-hybridized carbons (Fsp3) is 0.138. The Morgan fingerprint density at radius 1 is 0.919 bits per heavy atom. The van der Waals surface area contributed by atoms with E-state index in [1.807, 2.05) is 73.7 Å². The number of methoxy groups -OCH3 is 2. The van der Waals surface area contributed by atoms with Crippen molar-refractivity contribution in [2.45, 2.75) is 13.5 Å². The number of benzene rings is 3. The summed E-state index contributed by atoms with van der Waals surface area (Å²) in [5.41, 5.74) is 4.99. The first kappa shape index (κ1) is 23.9. The van der Waals surface area contributed by atoms with Crippen LogP contribution in [0, 0.1) is 6.92 Å². The molecule has 0 aliphatic carbocycles. The average Bonchev–Trinajstić information content (AvgIpc) is 3.29. The van der Waals surface area contributed by atoms with Crippen LogP contribution in [-0.4, -0.2) is 34.9 Å². The molecule has 5 rings (SSSR count). The number of nitrogens with zero attached hydrogens (tertiary/aromatic N) is 3. The second-order valence-corrected chi connectivity index (χ2v) is 8.43. The first-order valence-corrected chi connectivity index (χ1v) is 11.8. The van der Waals surface area contributed by atoms with Crippen LogP contribution in [-0.2, 0) is 6.54 Å². The second kappa shape index (κ2) is 10.4. The van der Waals surface area contributed by atoms with E-state index in [0.29, 0.717) is 34.9 Å². The lowest BCUT2D eigenvalue weighted by molar-refractivity contribution is 0.102. The number of aryl methyl sites for hydroxylation is 1. The molecule has 2 N–H and O–H groups in total. The van der Waals surface area contributed by atoms with E-state index in [1.165, 1.54) is 0 Å². The number of amides is 1. The van der Waals surface area contributed by atoms with Gasteiger partial charge in [-0.2, -0.15) is 5.10 Å². The zero-order chi connectivity index (χ0) is 25.8. The summed E-state index contributed by atoms with van der Waals surface area (Å²) >= 11 is 0. The van der Waals surface area contributed by atoms with Crippen LogP contribution in [0.15, 0.2) is 85.1 Å². The summed E-state index contributed by atoms with van der Waals surface area (Å²) in [5, 5.41) is 12.0. The van der Waals surface area contributed by atoms with Crippen molar-refractivity contribution in [1.29, 1.82) is 0 Å². The fourth-order valence-corrected chi connectivity index (χ4v) is 4.23. The van der Waals surface area contributed by atoms with E-state index < -0.39 is 0 Å². The van der Waals surface area contributed by atoms with Gasteiger partial charge in [0.15, 0.2) is 5.65 Å². The van der Waals surface area contributed by atoms with Crippen molar-refractivity contribution in [3.8, 4) is 17.2 Å². The molecule has 37 heavy (non-hydrogen) atoms.